The Bertz CT molecular complexity index is 1390. The number of imidazole rings is 1. The number of carbonyl (C=O) groups excluding carboxylic acids is 1. The van der Waals surface area contributed by atoms with E-state index < -0.39 is 5.97 Å². The average Bonchev–Trinajstić information content (AvgIpc) is 3.32. The van der Waals surface area contributed by atoms with Crippen LogP contribution in [0.3, 0.4) is 0 Å². The van der Waals surface area contributed by atoms with E-state index in [1.165, 1.54) is 18.5 Å². The lowest BCUT2D eigenvalue weighted by atomic mass is 10.0. The van der Waals surface area contributed by atoms with Gasteiger partial charge in [-0.25, -0.2) is 19.2 Å². The van der Waals surface area contributed by atoms with Gasteiger partial charge in [-0.05, 0) is 48.7 Å². The molecule has 1 aliphatic rings. The fraction of sp³-hybridized carbons (Fsp3) is 0.250. The number of hydrogen-bond acceptors (Lipinski definition) is 4. The Morgan fingerprint density at radius 2 is 2.03 bits per heavy atom. The Kier molecular flexibility index (Phi) is 5.16. The summed E-state index contributed by atoms with van der Waals surface area (Å²) in [4.78, 5) is 34.6. The number of aromatic nitrogens is 4. The molecule has 1 aromatic carbocycles. The van der Waals surface area contributed by atoms with Crippen molar-refractivity contribution in [2.45, 2.75) is 33.0 Å². The molecule has 0 saturated carbocycles. The van der Waals surface area contributed by atoms with Crippen LogP contribution in [0.2, 0.25) is 0 Å². The molecule has 0 bridgehead atoms. The lowest BCUT2D eigenvalue weighted by Gasteiger charge is -2.29. The van der Waals surface area contributed by atoms with E-state index in [0.717, 1.165) is 27.9 Å². The number of amides is 1. The molecule has 8 nitrogen and oxygen atoms in total. The minimum absolute atomic E-state index is 0.0177. The minimum atomic E-state index is -1.12. The maximum absolute atomic E-state index is 13.8. The zero-order valence-corrected chi connectivity index (χ0v) is 18.0. The second kappa shape index (κ2) is 8.16. The van der Waals surface area contributed by atoms with Crippen molar-refractivity contribution in [3.05, 3.63) is 82.9 Å². The van der Waals surface area contributed by atoms with E-state index in [4.69, 9.17) is 0 Å². The van der Waals surface area contributed by atoms with Gasteiger partial charge in [-0.3, -0.25) is 4.79 Å². The lowest BCUT2D eigenvalue weighted by molar-refractivity contribution is -0.132. The molecule has 1 N–H and O–H groups in total. The fourth-order valence-corrected chi connectivity index (χ4v) is 4.52. The highest BCUT2D eigenvalue weighted by molar-refractivity contribution is 5.87. The van der Waals surface area contributed by atoms with Gasteiger partial charge in [0.05, 0.1) is 12.9 Å². The van der Waals surface area contributed by atoms with Gasteiger partial charge < -0.3 is 19.1 Å². The van der Waals surface area contributed by atoms with E-state index in [1.807, 2.05) is 18.2 Å². The van der Waals surface area contributed by atoms with E-state index in [1.54, 1.807) is 28.7 Å². The standard InChI is InChI=1S/C24H22FN5O3/c1-15-22(24(32)33)27-14-29(15)13-21(31)28-9-7-18-19-6-3-8-26-23(19)30(20(18)12-28)11-16-4-2-5-17(25)10-16/h2-6,8,10,14H,7,9,11-13H2,1H3,(H,32,33). The molecule has 0 spiro atoms. The van der Waals surface area contributed by atoms with Crippen molar-refractivity contribution in [2.75, 3.05) is 6.54 Å². The van der Waals surface area contributed by atoms with Crippen LogP contribution in [0.25, 0.3) is 11.0 Å². The summed E-state index contributed by atoms with van der Waals surface area (Å²) in [6.45, 7) is 3.06. The normalized spacial score (nSPS) is 13.3. The number of aromatic carboxylic acids is 1. The van der Waals surface area contributed by atoms with Crippen molar-refractivity contribution in [3.63, 3.8) is 0 Å². The van der Waals surface area contributed by atoms with Crippen molar-refractivity contribution in [1.29, 1.82) is 0 Å². The summed E-state index contributed by atoms with van der Waals surface area (Å²) in [5.74, 6) is -1.52. The molecule has 33 heavy (non-hydrogen) atoms. The van der Waals surface area contributed by atoms with Crippen molar-refractivity contribution >= 4 is 22.9 Å². The fourth-order valence-electron chi connectivity index (χ4n) is 4.52. The molecule has 4 aromatic rings. The molecule has 1 aliphatic heterocycles. The van der Waals surface area contributed by atoms with Crippen LogP contribution >= 0.6 is 0 Å². The summed E-state index contributed by atoms with van der Waals surface area (Å²) in [5.41, 5.74) is 4.17. The second-order valence-electron chi connectivity index (χ2n) is 8.19. The molecule has 168 valence electrons. The van der Waals surface area contributed by atoms with Crippen molar-refractivity contribution in [3.8, 4) is 0 Å². The quantitative estimate of drug-likeness (QED) is 0.508. The largest absolute Gasteiger partial charge is 0.476 e. The number of pyridine rings is 1. The summed E-state index contributed by atoms with van der Waals surface area (Å²) >= 11 is 0. The van der Waals surface area contributed by atoms with Crippen molar-refractivity contribution < 1.29 is 19.1 Å². The van der Waals surface area contributed by atoms with Gasteiger partial charge in [0.1, 0.15) is 18.0 Å². The van der Waals surface area contributed by atoms with Crippen LogP contribution in [0.5, 0.6) is 0 Å². The molecule has 4 heterocycles. The summed E-state index contributed by atoms with van der Waals surface area (Å²) < 4.78 is 17.4. The van der Waals surface area contributed by atoms with Crippen LogP contribution in [0, 0.1) is 12.7 Å². The first-order chi connectivity index (χ1) is 15.9. The van der Waals surface area contributed by atoms with Gasteiger partial charge in [0, 0.05) is 36.1 Å². The number of nitrogens with zero attached hydrogens (tertiary/aromatic N) is 5. The zero-order chi connectivity index (χ0) is 23.1. The van der Waals surface area contributed by atoms with E-state index in [9.17, 15) is 19.1 Å². The number of hydrogen-bond donors (Lipinski definition) is 1. The molecule has 5 rings (SSSR count). The van der Waals surface area contributed by atoms with E-state index >= 15 is 0 Å². The molecule has 0 atom stereocenters. The van der Waals surface area contributed by atoms with E-state index in [0.29, 0.717) is 31.7 Å². The number of fused-ring (bicyclic) bond motifs is 3. The van der Waals surface area contributed by atoms with Gasteiger partial charge in [-0.15, -0.1) is 0 Å². The molecule has 3 aromatic heterocycles. The Hall–Kier alpha value is -4.01. The highest BCUT2D eigenvalue weighted by Gasteiger charge is 2.28. The number of halogens is 1. The van der Waals surface area contributed by atoms with Crippen LogP contribution in [0.1, 0.15) is 33.0 Å². The van der Waals surface area contributed by atoms with Gasteiger partial charge >= 0.3 is 5.97 Å². The van der Waals surface area contributed by atoms with Gasteiger partial charge in [0.15, 0.2) is 5.69 Å². The van der Waals surface area contributed by atoms with Crippen LogP contribution in [0.15, 0.2) is 48.9 Å². The van der Waals surface area contributed by atoms with E-state index in [-0.39, 0.29) is 24.0 Å². The number of carboxylic acids is 1. The van der Waals surface area contributed by atoms with Crippen LogP contribution < -0.4 is 0 Å². The first-order valence-corrected chi connectivity index (χ1v) is 10.6. The third-order valence-corrected chi connectivity index (χ3v) is 6.20. The Balaban J connectivity index is 1.45. The highest BCUT2D eigenvalue weighted by atomic mass is 19.1. The third-order valence-electron chi connectivity index (χ3n) is 6.20. The molecule has 0 aliphatic carbocycles. The lowest BCUT2D eigenvalue weighted by Crippen LogP contribution is -2.38. The number of carbonyl (C=O) groups is 2. The van der Waals surface area contributed by atoms with Crippen LogP contribution in [-0.2, 0) is 30.8 Å². The SMILES string of the molecule is Cc1c(C(=O)O)ncn1CC(=O)N1CCc2c(n(Cc3cccc(F)c3)c3ncccc23)C1. The van der Waals surface area contributed by atoms with E-state index in [2.05, 4.69) is 14.5 Å². The predicted molar refractivity (Wildman–Crippen MR) is 118 cm³/mol. The first kappa shape index (κ1) is 20.9. The Morgan fingerprint density at radius 3 is 2.79 bits per heavy atom. The maximum atomic E-state index is 13.8. The van der Waals surface area contributed by atoms with Crippen LogP contribution in [0.4, 0.5) is 4.39 Å². The average molecular weight is 447 g/mol. The van der Waals surface area contributed by atoms with Crippen LogP contribution in [-0.4, -0.2) is 47.5 Å². The summed E-state index contributed by atoms with van der Waals surface area (Å²) in [5, 5.41) is 10.3. The predicted octanol–water partition coefficient (Wildman–Crippen LogP) is 3.01. The number of rotatable bonds is 5. The molecule has 0 radical (unpaired) electrons. The minimum Gasteiger partial charge on any atom is -0.476 e. The van der Waals surface area contributed by atoms with Gasteiger partial charge in [0.25, 0.3) is 0 Å². The summed E-state index contributed by atoms with van der Waals surface area (Å²) in [7, 11) is 0. The van der Waals surface area contributed by atoms with Gasteiger partial charge in [-0.2, -0.15) is 0 Å². The third kappa shape index (κ3) is 3.75. The second-order valence-corrected chi connectivity index (χ2v) is 8.19. The monoisotopic (exact) mass is 447 g/mol. The van der Waals surface area contributed by atoms with Crippen molar-refractivity contribution in [2.24, 2.45) is 0 Å². The van der Waals surface area contributed by atoms with Gasteiger partial charge in [-0.1, -0.05) is 12.1 Å². The molecule has 0 saturated heterocycles. The molecule has 0 unspecified atom stereocenters. The van der Waals surface area contributed by atoms with Gasteiger partial charge in [0.2, 0.25) is 5.91 Å². The molecule has 9 heteroatoms. The Labute approximate surface area is 188 Å². The number of benzene rings is 1. The summed E-state index contributed by atoms with van der Waals surface area (Å²) in [6.07, 6.45) is 3.81. The molecule has 0 fully saturated rings. The summed E-state index contributed by atoms with van der Waals surface area (Å²) in [6, 6.07) is 10.4. The maximum Gasteiger partial charge on any atom is 0.356 e. The topological polar surface area (TPSA) is 93.2 Å². The molecule has 1 amide bonds. The van der Waals surface area contributed by atoms with Crippen molar-refractivity contribution in [1.82, 2.24) is 24.0 Å². The molecular weight excluding hydrogens is 425 g/mol. The Morgan fingerprint density at radius 1 is 1.18 bits per heavy atom. The zero-order valence-electron chi connectivity index (χ0n) is 18.0. The first-order valence-electron chi connectivity index (χ1n) is 10.6. The highest BCUT2D eigenvalue weighted by Crippen LogP contribution is 2.30. The molecular formula is C24H22FN5O3. The smallest absolute Gasteiger partial charge is 0.356 e. The number of carboxylic acid groups (broad SMARTS) is 1.